The zero-order valence-electron chi connectivity index (χ0n) is 18.4. The van der Waals surface area contributed by atoms with Crippen molar-refractivity contribution in [3.8, 4) is 17.2 Å². The summed E-state index contributed by atoms with van der Waals surface area (Å²) in [7, 11) is 0. The van der Waals surface area contributed by atoms with Crippen LogP contribution in [0.3, 0.4) is 0 Å². The van der Waals surface area contributed by atoms with Gasteiger partial charge >= 0.3 is 0 Å². The summed E-state index contributed by atoms with van der Waals surface area (Å²) >= 11 is 0. The zero-order valence-corrected chi connectivity index (χ0v) is 19.2. The number of hydrogen-bond donors (Lipinski definition) is 0. The van der Waals surface area contributed by atoms with E-state index in [4.69, 9.17) is 18.9 Å². The Morgan fingerprint density at radius 3 is 2.53 bits per heavy atom. The smallest absolute Gasteiger partial charge is 0.196 e. The predicted octanol–water partition coefficient (Wildman–Crippen LogP) is 4.27. The summed E-state index contributed by atoms with van der Waals surface area (Å²) in [4.78, 5) is 15.2. The largest absolute Gasteiger partial charge is 0.494 e. The first-order valence-electron chi connectivity index (χ1n) is 10.9. The van der Waals surface area contributed by atoms with Crippen LogP contribution in [0.5, 0.6) is 17.2 Å². The van der Waals surface area contributed by atoms with Crippen LogP contribution in [-0.4, -0.2) is 63.4 Å². The Kier molecular flexibility index (Phi) is 8.97. The average Bonchev–Trinajstić information content (AvgIpc) is 2.80. The number of nitrogens with zero attached hydrogens (tertiary/aromatic N) is 1. The highest BCUT2D eigenvalue weighted by Crippen LogP contribution is 2.31. The molecule has 172 valence electrons. The van der Waals surface area contributed by atoms with Gasteiger partial charge in [-0.2, -0.15) is 0 Å². The van der Waals surface area contributed by atoms with Gasteiger partial charge in [0.05, 0.1) is 32.0 Å². The van der Waals surface area contributed by atoms with Gasteiger partial charge < -0.3 is 18.9 Å². The van der Waals surface area contributed by atoms with Crippen molar-refractivity contribution in [3.63, 3.8) is 0 Å². The standard InChI is InChI=1S/C25H29NO5.ClH/c1-2-29-22-8-9-23-24(17-22)31-18-20(25(23)27)16-19-4-6-21(7-5-19)30-13-3-10-26-11-14-28-15-12-26;/h4-9,16-17H,2-3,10-15,18H2,1H3;1H/b20-16+;. The molecular weight excluding hydrogens is 430 g/mol. The van der Waals surface area contributed by atoms with Crippen LogP contribution in [0.15, 0.2) is 48.0 Å². The molecule has 32 heavy (non-hydrogen) atoms. The number of hydrogen-bond acceptors (Lipinski definition) is 6. The second kappa shape index (κ2) is 11.9. The van der Waals surface area contributed by atoms with Crippen molar-refractivity contribution in [1.82, 2.24) is 4.90 Å². The summed E-state index contributed by atoms with van der Waals surface area (Å²) < 4.78 is 22.5. The van der Waals surface area contributed by atoms with Gasteiger partial charge in [-0.25, -0.2) is 0 Å². The predicted molar refractivity (Wildman–Crippen MR) is 126 cm³/mol. The van der Waals surface area contributed by atoms with Gasteiger partial charge in [0.1, 0.15) is 23.9 Å². The molecule has 0 aromatic heterocycles. The summed E-state index contributed by atoms with van der Waals surface area (Å²) in [6, 6.07) is 13.2. The van der Waals surface area contributed by atoms with Crippen molar-refractivity contribution in [1.29, 1.82) is 0 Å². The number of carbonyl (C=O) groups excluding carboxylic acids is 1. The van der Waals surface area contributed by atoms with Crippen LogP contribution in [0.2, 0.25) is 0 Å². The van der Waals surface area contributed by atoms with Crippen molar-refractivity contribution in [3.05, 3.63) is 59.2 Å². The Morgan fingerprint density at radius 1 is 1.03 bits per heavy atom. The minimum absolute atomic E-state index is 0. The van der Waals surface area contributed by atoms with E-state index < -0.39 is 0 Å². The lowest BCUT2D eigenvalue weighted by atomic mass is 9.98. The number of fused-ring (bicyclic) bond motifs is 1. The highest BCUT2D eigenvalue weighted by atomic mass is 35.5. The SMILES string of the molecule is CCOc1ccc2c(c1)OC/C(=C\c1ccc(OCCCN3CCOCC3)cc1)C2=O.Cl. The van der Waals surface area contributed by atoms with Crippen LogP contribution in [0.4, 0.5) is 0 Å². The number of benzene rings is 2. The van der Waals surface area contributed by atoms with Gasteiger partial charge in [-0.3, -0.25) is 9.69 Å². The third-order valence-electron chi connectivity index (χ3n) is 5.40. The van der Waals surface area contributed by atoms with Crippen molar-refractivity contribution >= 4 is 24.3 Å². The molecule has 2 aromatic rings. The fourth-order valence-corrected chi connectivity index (χ4v) is 3.73. The van der Waals surface area contributed by atoms with E-state index in [9.17, 15) is 4.79 Å². The summed E-state index contributed by atoms with van der Waals surface area (Å²) in [5.74, 6) is 2.12. The van der Waals surface area contributed by atoms with Gasteiger partial charge in [0.2, 0.25) is 0 Å². The molecule has 0 amide bonds. The van der Waals surface area contributed by atoms with Crippen LogP contribution in [-0.2, 0) is 4.74 Å². The maximum Gasteiger partial charge on any atom is 0.196 e. The van der Waals surface area contributed by atoms with Crippen LogP contribution in [0.1, 0.15) is 29.3 Å². The number of morpholine rings is 1. The average molecular weight is 460 g/mol. The van der Waals surface area contributed by atoms with Crippen LogP contribution in [0.25, 0.3) is 6.08 Å². The second-order valence-corrected chi connectivity index (χ2v) is 7.60. The van der Waals surface area contributed by atoms with Crippen molar-refractivity contribution in [2.45, 2.75) is 13.3 Å². The molecule has 1 fully saturated rings. The number of rotatable bonds is 8. The van der Waals surface area contributed by atoms with Gasteiger partial charge in [0.25, 0.3) is 0 Å². The lowest BCUT2D eigenvalue weighted by Crippen LogP contribution is -2.37. The van der Waals surface area contributed by atoms with Crippen molar-refractivity contribution in [2.75, 3.05) is 52.7 Å². The molecule has 0 aliphatic carbocycles. The Bertz CT molecular complexity index is 922. The highest BCUT2D eigenvalue weighted by Gasteiger charge is 2.23. The lowest BCUT2D eigenvalue weighted by molar-refractivity contribution is 0.0358. The van der Waals surface area contributed by atoms with E-state index in [0.29, 0.717) is 35.8 Å². The second-order valence-electron chi connectivity index (χ2n) is 7.60. The topological polar surface area (TPSA) is 57.2 Å². The molecule has 2 aromatic carbocycles. The molecule has 2 aliphatic rings. The van der Waals surface area contributed by atoms with E-state index in [0.717, 1.165) is 50.6 Å². The number of carbonyl (C=O) groups is 1. The molecule has 0 bridgehead atoms. The number of ketones is 1. The van der Waals surface area contributed by atoms with Crippen LogP contribution in [0, 0.1) is 0 Å². The zero-order chi connectivity index (χ0) is 21.5. The molecule has 6 nitrogen and oxygen atoms in total. The summed E-state index contributed by atoms with van der Waals surface area (Å²) in [6.45, 7) is 8.12. The molecule has 2 aliphatic heterocycles. The lowest BCUT2D eigenvalue weighted by Gasteiger charge is -2.26. The van der Waals surface area contributed by atoms with E-state index in [1.807, 2.05) is 37.3 Å². The van der Waals surface area contributed by atoms with Gasteiger partial charge in [-0.1, -0.05) is 12.1 Å². The molecule has 2 heterocycles. The molecule has 0 atom stereocenters. The number of halogens is 1. The molecule has 1 saturated heterocycles. The van der Waals surface area contributed by atoms with Gasteiger partial charge in [0, 0.05) is 31.3 Å². The molecule has 0 radical (unpaired) electrons. The molecular formula is C25H30ClNO5. The maximum atomic E-state index is 12.8. The first kappa shape index (κ1) is 24.1. The van der Waals surface area contributed by atoms with Gasteiger partial charge in [0.15, 0.2) is 5.78 Å². The van der Waals surface area contributed by atoms with Crippen molar-refractivity contribution in [2.24, 2.45) is 0 Å². The quantitative estimate of drug-likeness (QED) is 0.434. The first-order valence-corrected chi connectivity index (χ1v) is 10.9. The first-order chi connectivity index (χ1) is 15.2. The summed E-state index contributed by atoms with van der Waals surface area (Å²) in [5, 5.41) is 0. The van der Waals surface area contributed by atoms with E-state index in [2.05, 4.69) is 4.90 Å². The number of Topliss-reactive ketones (excluding diaryl/α,β-unsaturated/α-hetero) is 1. The Hall–Kier alpha value is -2.54. The Balaban J connectivity index is 0.00000289. The number of ether oxygens (including phenoxy) is 4. The van der Waals surface area contributed by atoms with Gasteiger partial charge in [-0.15, -0.1) is 12.4 Å². The van der Waals surface area contributed by atoms with Crippen LogP contribution >= 0.6 is 12.4 Å². The molecule has 7 heteroatoms. The van der Waals surface area contributed by atoms with Crippen molar-refractivity contribution < 1.29 is 23.7 Å². The summed E-state index contributed by atoms with van der Waals surface area (Å²) in [5.41, 5.74) is 2.15. The normalized spacial score (nSPS) is 17.3. The third kappa shape index (κ3) is 6.25. The minimum atomic E-state index is -0.00672. The molecule has 0 unspecified atom stereocenters. The maximum absolute atomic E-state index is 12.8. The van der Waals surface area contributed by atoms with E-state index >= 15 is 0 Å². The third-order valence-corrected chi connectivity index (χ3v) is 5.40. The fraction of sp³-hybridized carbons (Fsp3) is 0.400. The molecule has 4 rings (SSSR count). The minimum Gasteiger partial charge on any atom is -0.494 e. The van der Waals surface area contributed by atoms with Gasteiger partial charge in [-0.05, 0) is 49.2 Å². The molecule has 0 N–H and O–H groups in total. The van der Waals surface area contributed by atoms with E-state index in [1.54, 1.807) is 18.2 Å². The molecule has 0 saturated carbocycles. The van der Waals surface area contributed by atoms with E-state index in [-0.39, 0.29) is 24.8 Å². The highest BCUT2D eigenvalue weighted by molar-refractivity contribution is 6.14. The monoisotopic (exact) mass is 459 g/mol. The molecule has 0 spiro atoms. The van der Waals surface area contributed by atoms with E-state index in [1.165, 1.54) is 0 Å². The summed E-state index contributed by atoms with van der Waals surface area (Å²) in [6.07, 6.45) is 2.87. The Labute approximate surface area is 195 Å². The van der Waals surface area contributed by atoms with Crippen LogP contribution < -0.4 is 14.2 Å². The fourth-order valence-electron chi connectivity index (χ4n) is 3.73. The Morgan fingerprint density at radius 2 is 1.78 bits per heavy atom.